The second-order valence-electron chi connectivity index (χ2n) is 8.23. The summed E-state index contributed by atoms with van der Waals surface area (Å²) in [4.78, 5) is 29.8. The summed E-state index contributed by atoms with van der Waals surface area (Å²) in [5.41, 5.74) is 2.59. The van der Waals surface area contributed by atoms with Crippen molar-refractivity contribution in [3.05, 3.63) is 76.8 Å². The molecule has 0 spiro atoms. The molecule has 1 aliphatic heterocycles. The summed E-state index contributed by atoms with van der Waals surface area (Å²) < 4.78 is 15.8. The van der Waals surface area contributed by atoms with Gasteiger partial charge < -0.3 is 29.3 Å². The van der Waals surface area contributed by atoms with Gasteiger partial charge in [-0.25, -0.2) is 0 Å². The maximum Gasteiger partial charge on any atom is 0.257 e. The number of ether oxygens (including phenoxy) is 3. The van der Waals surface area contributed by atoms with E-state index in [-0.39, 0.29) is 11.8 Å². The van der Waals surface area contributed by atoms with Crippen LogP contribution in [0.1, 0.15) is 20.7 Å². The van der Waals surface area contributed by atoms with Crippen molar-refractivity contribution in [1.29, 1.82) is 0 Å². The Balaban J connectivity index is 1.37. The fraction of sp³-hybridized carbons (Fsp3) is 0.259. The zero-order valence-corrected chi connectivity index (χ0v) is 21.2. The number of anilines is 2. The predicted octanol–water partition coefficient (Wildman–Crippen LogP) is 4.58. The van der Waals surface area contributed by atoms with Crippen LogP contribution in [0.25, 0.3) is 0 Å². The number of amides is 2. The van der Waals surface area contributed by atoms with Crippen LogP contribution >= 0.6 is 11.6 Å². The molecule has 188 valence electrons. The van der Waals surface area contributed by atoms with Gasteiger partial charge in [-0.05, 0) is 54.6 Å². The molecular weight excluding hydrogens is 482 g/mol. The third kappa shape index (κ3) is 5.66. The lowest BCUT2D eigenvalue weighted by molar-refractivity contribution is 0.0743. The van der Waals surface area contributed by atoms with E-state index in [1.165, 1.54) is 7.11 Å². The van der Waals surface area contributed by atoms with Crippen LogP contribution in [0, 0.1) is 0 Å². The smallest absolute Gasteiger partial charge is 0.257 e. The van der Waals surface area contributed by atoms with E-state index in [1.807, 2.05) is 29.2 Å². The Morgan fingerprint density at radius 2 is 1.44 bits per heavy atom. The third-order valence-corrected chi connectivity index (χ3v) is 6.30. The Kier molecular flexibility index (Phi) is 7.85. The van der Waals surface area contributed by atoms with Crippen LogP contribution in [-0.2, 0) is 0 Å². The molecule has 0 aliphatic carbocycles. The van der Waals surface area contributed by atoms with Gasteiger partial charge in [-0.3, -0.25) is 9.59 Å². The molecule has 1 aliphatic rings. The maximum atomic E-state index is 13.0. The molecule has 1 N–H and O–H groups in total. The molecule has 1 heterocycles. The number of benzene rings is 3. The van der Waals surface area contributed by atoms with Crippen molar-refractivity contribution < 1.29 is 23.8 Å². The lowest BCUT2D eigenvalue weighted by Gasteiger charge is -2.36. The minimum absolute atomic E-state index is 0.0961. The van der Waals surface area contributed by atoms with Gasteiger partial charge in [0.05, 0.1) is 26.9 Å². The molecule has 36 heavy (non-hydrogen) atoms. The number of nitrogens with one attached hydrogen (secondary N) is 1. The number of hydrogen-bond donors (Lipinski definition) is 1. The second kappa shape index (κ2) is 11.2. The average molecular weight is 510 g/mol. The largest absolute Gasteiger partial charge is 0.497 e. The first-order valence-electron chi connectivity index (χ1n) is 11.4. The molecule has 0 radical (unpaired) electrons. The van der Waals surface area contributed by atoms with Gasteiger partial charge in [-0.2, -0.15) is 0 Å². The van der Waals surface area contributed by atoms with Crippen molar-refractivity contribution in [2.24, 2.45) is 0 Å². The van der Waals surface area contributed by atoms with Crippen LogP contribution in [0.4, 0.5) is 11.4 Å². The van der Waals surface area contributed by atoms with Gasteiger partial charge in [-0.1, -0.05) is 11.6 Å². The summed E-state index contributed by atoms with van der Waals surface area (Å²) in [5, 5.41) is 3.40. The average Bonchev–Trinajstić information content (AvgIpc) is 2.92. The molecule has 1 saturated heterocycles. The van der Waals surface area contributed by atoms with E-state index in [1.54, 1.807) is 50.6 Å². The maximum absolute atomic E-state index is 13.0. The number of rotatable bonds is 7. The number of carbonyl (C=O) groups excluding carboxylic acids is 2. The zero-order valence-electron chi connectivity index (χ0n) is 20.4. The predicted molar refractivity (Wildman–Crippen MR) is 140 cm³/mol. The first-order chi connectivity index (χ1) is 17.4. The van der Waals surface area contributed by atoms with Crippen LogP contribution in [0.5, 0.6) is 17.2 Å². The van der Waals surface area contributed by atoms with E-state index < -0.39 is 0 Å². The highest BCUT2D eigenvalue weighted by Crippen LogP contribution is 2.27. The SMILES string of the molecule is COc1cc(OC)cc(C(=O)Nc2ccc(N3CCN(C(=O)c4cc(Cl)ccc4OC)CC3)cc2)c1. The van der Waals surface area contributed by atoms with Crippen molar-refractivity contribution in [3.8, 4) is 17.2 Å². The van der Waals surface area contributed by atoms with E-state index in [4.69, 9.17) is 25.8 Å². The number of nitrogens with zero attached hydrogens (tertiary/aromatic N) is 2. The lowest BCUT2D eigenvalue weighted by atomic mass is 10.1. The van der Waals surface area contributed by atoms with E-state index in [9.17, 15) is 9.59 Å². The Morgan fingerprint density at radius 1 is 0.806 bits per heavy atom. The van der Waals surface area contributed by atoms with Crippen LogP contribution < -0.4 is 24.4 Å². The highest BCUT2D eigenvalue weighted by atomic mass is 35.5. The van der Waals surface area contributed by atoms with Gasteiger partial charge in [0.15, 0.2) is 0 Å². The van der Waals surface area contributed by atoms with Gasteiger partial charge in [0.25, 0.3) is 11.8 Å². The van der Waals surface area contributed by atoms with Crippen molar-refractivity contribution in [2.45, 2.75) is 0 Å². The van der Waals surface area contributed by atoms with E-state index >= 15 is 0 Å². The standard InChI is InChI=1S/C27H28ClN3O5/c1-34-22-14-18(15-23(17-22)35-2)26(32)29-20-5-7-21(8-6-20)30-10-12-31(13-11-30)27(33)24-16-19(28)4-9-25(24)36-3/h4-9,14-17H,10-13H2,1-3H3,(H,29,32). The third-order valence-electron chi connectivity index (χ3n) is 6.06. The first-order valence-corrected chi connectivity index (χ1v) is 11.8. The molecule has 1 fully saturated rings. The van der Waals surface area contributed by atoms with Gasteiger partial charge in [0.2, 0.25) is 0 Å². The van der Waals surface area contributed by atoms with Crippen LogP contribution in [0.2, 0.25) is 5.02 Å². The number of halogens is 1. The molecule has 2 amide bonds. The summed E-state index contributed by atoms with van der Waals surface area (Å²) in [6.07, 6.45) is 0. The molecule has 0 aromatic heterocycles. The second-order valence-corrected chi connectivity index (χ2v) is 8.66. The van der Waals surface area contributed by atoms with Gasteiger partial charge in [0, 0.05) is 54.2 Å². The summed E-state index contributed by atoms with van der Waals surface area (Å²) >= 11 is 6.09. The van der Waals surface area contributed by atoms with Gasteiger partial charge in [0.1, 0.15) is 17.2 Å². The van der Waals surface area contributed by atoms with E-state index in [0.29, 0.717) is 65.3 Å². The lowest BCUT2D eigenvalue weighted by Crippen LogP contribution is -2.48. The first kappa shape index (κ1) is 25.2. The topological polar surface area (TPSA) is 80.3 Å². The minimum Gasteiger partial charge on any atom is -0.497 e. The highest BCUT2D eigenvalue weighted by molar-refractivity contribution is 6.31. The van der Waals surface area contributed by atoms with Crippen LogP contribution in [0.15, 0.2) is 60.7 Å². The monoisotopic (exact) mass is 509 g/mol. The Bertz CT molecular complexity index is 1220. The quantitative estimate of drug-likeness (QED) is 0.502. The molecule has 3 aromatic rings. The summed E-state index contributed by atoms with van der Waals surface area (Å²) in [6, 6.07) is 17.7. The van der Waals surface area contributed by atoms with Crippen molar-refractivity contribution >= 4 is 34.8 Å². The number of piperazine rings is 1. The molecule has 8 nitrogen and oxygen atoms in total. The van der Waals surface area contributed by atoms with Crippen molar-refractivity contribution in [1.82, 2.24) is 4.90 Å². The fourth-order valence-electron chi connectivity index (χ4n) is 4.08. The number of carbonyl (C=O) groups is 2. The van der Waals surface area contributed by atoms with E-state index in [2.05, 4.69) is 10.2 Å². The van der Waals surface area contributed by atoms with E-state index in [0.717, 1.165) is 5.69 Å². The minimum atomic E-state index is -0.261. The van der Waals surface area contributed by atoms with Gasteiger partial charge in [-0.15, -0.1) is 0 Å². The number of hydrogen-bond acceptors (Lipinski definition) is 6. The molecule has 4 rings (SSSR count). The van der Waals surface area contributed by atoms with Crippen molar-refractivity contribution in [2.75, 3.05) is 57.7 Å². The highest BCUT2D eigenvalue weighted by Gasteiger charge is 2.25. The van der Waals surface area contributed by atoms with Crippen LogP contribution in [-0.4, -0.2) is 64.2 Å². The molecule has 0 saturated carbocycles. The normalized spacial score (nSPS) is 13.2. The zero-order chi connectivity index (χ0) is 25.7. The molecule has 0 bridgehead atoms. The summed E-state index contributed by atoms with van der Waals surface area (Å²) in [7, 11) is 4.62. The molecule has 0 atom stereocenters. The Labute approximate surface area is 215 Å². The Morgan fingerprint density at radius 3 is 2.03 bits per heavy atom. The molecule has 3 aromatic carbocycles. The van der Waals surface area contributed by atoms with Crippen molar-refractivity contribution in [3.63, 3.8) is 0 Å². The molecular formula is C27H28ClN3O5. The number of methoxy groups -OCH3 is 3. The summed E-state index contributed by atoms with van der Waals surface area (Å²) in [5.74, 6) is 1.24. The summed E-state index contributed by atoms with van der Waals surface area (Å²) in [6.45, 7) is 2.52. The van der Waals surface area contributed by atoms with Gasteiger partial charge >= 0.3 is 0 Å². The molecule has 0 unspecified atom stereocenters. The van der Waals surface area contributed by atoms with Crippen LogP contribution in [0.3, 0.4) is 0 Å². The fourth-order valence-corrected chi connectivity index (χ4v) is 4.25. The Hall–Kier alpha value is -3.91. The molecule has 9 heteroatoms.